The van der Waals surface area contributed by atoms with Gasteiger partial charge in [-0.25, -0.2) is 9.69 Å². The predicted octanol–water partition coefficient (Wildman–Crippen LogP) is 1.51. The highest BCUT2D eigenvalue weighted by atomic mass is 17.2. The summed E-state index contributed by atoms with van der Waals surface area (Å²) in [6, 6.07) is 0. The van der Waals surface area contributed by atoms with Crippen LogP contribution >= 0.6 is 0 Å². The average Bonchev–Trinajstić information content (AvgIpc) is 2.29. The van der Waals surface area contributed by atoms with Crippen LogP contribution in [0.15, 0.2) is 0 Å². The maximum Gasteiger partial charge on any atom is 0.668 e. The van der Waals surface area contributed by atoms with Crippen molar-refractivity contribution in [3.8, 4) is 0 Å². The van der Waals surface area contributed by atoms with Crippen LogP contribution in [-0.4, -0.2) is 33.7 Å². The smallest absolute Gasteiger partial charge is 0.384 e. The normalized spacial score (nSPS) is 10.7. The summed E-state index contributed by atoms with van der Waals surface area (Å²) in [6.45, 7) is 6.17. The van der Waals surface area contributed by atoms with Crippen LogP contribution in [0, 0.1) is 0 Å². The van der Waals surface area contributed by atoms with E-state index in [9.17, 15) is 0 Å². The van der Waals surface area contributed by atoms with Crippen LogP contribution in [0.1, 0.15) is 39.5 Å². The van der Waals surface area contributed by atoms with E-state index in [1.54, 1.807) is 0 Å². The van der Waals surface area contributed by atoms with E-state index in [1.165, 1.54) is 0 Å². The van der Waals surface area contributed by atoms with Gasteiger partial charge in [0.1, 0.15) is 0 Å². The predicted molar refractivity (Wildman–Crippen MR) is 63.6 cm³/mol. The van der Waals surface area contributed by atoms with E-state index >= 15 is 0 Å². The maximum absolute atomic E-state index is 5.37. The lowest BCUT2D eigenvalue weighted by Gasteiger charge is -2.12. The molecule has 0 aromatic heterocycles. The summed E-state index contributed by atoms with van der Waals surface area (Å²) < 4.78 is 10.7. The van der Waals surface area contributed by atoms with Gasteiger partial charge >= 0.3 is 7.32 Å². The first-order valence-electron chi connectivity index (χ1n) is 6.06. The summed E-state index contributed by atoms with van der Waals surface area (Å²) in [7, 11) is -0.732. The molecule has 0 unspecified atom stereocenters. The Balaban J connectivity index is 3.58. The molecule has 0 aliphatic rings. The zero-order valence-electron chi connectivity index (χ0n) is 10.4. The third kappa shape index (κ3) is 10.4. The number of nitrogens with two attached hydrogens (primary N) is 1. The molecule has 2 N–H and O–H groups in total. The molecule has 0 aromatic carbocycles. The van der Waals surface area contributed by atoms with Gasteiger partial charge in [0, 0.05) is 19.8 Å². The van der Waals surface area contributed by atoms with E-state index in [0.29, 0.717) is 26.4 Å². The number of rotatable bonds is 12. The first-order valence-corrected chi connectivity index (χ1v) is 6.06. The topological polar surface area (TPSA) is 62.9 Å². The molecule has 0 bridgehead atoms. The fraction of sp³-hybridized carbons (Fsp3) is 1.00. The van der Waals surface area contributed by atoms with E-state index in [2.05, 4.69) is 13.8 Å². The highest BCUT2D eigenvalue weighted by Crippen LogP contribution is 1.99. The quantitative estimate of drug-likeness (QED) is 0.239. The van der Waals surface area contributed by atoms with Gasteiger partial charge in [0.25, 0.3) is 0 Å². The molecule has 0 radical (unpaired) electrons. The SMILES string of the molecule is CCCCOB(OCCCC)OOCCN. The molecular weight excluding hydrogens is 209 g/mol. The summed E-state index contributed by atoms with van der Waals surface area (Å²) >= 11 is 0. The minimum atomic E-state index is -0.732. The van der Waals surface area contributed by atoms with Crippen molar-refractivity contribution in [2.75, 3.05) is 26.4 Å². The molecule has 0 heterocycles. The van der Waals surface area contributed by atoms with Gasteiger partial charge < -0.3 is 15.0 Å². The van der Waals surface area contributed by atoms with Gasteiger partial charge in [-0.1, -0.05) is 26.7 Å². The first-order chi connectivity index (χ1) is 7.85. The van der Waals surface area contributed by atoms with Gasteiger partial charge in [-0.05, 0) is 12.8 Å². The van der Waals surface area contributed by atoms with Gasteiger partial charge in [-0.3, -0.25) is 0 Å². The van der Waals surface area contributed by atoms with E-state index < -0.39 is 7.32 Å². The molecule has 0 amide bonds. The Morgan fingerprint density at radius 3 is 1.94 bits per heavy atom. The molecule has 0 aromatic rings. The van der Waals surface area contributed by atoms with Crippen molar-refractivity contribution in [1.82, 2.24) is 0 Å². The van der Waals surface area contributed by atoms with Gasteiger partial charge in [0.2, 0.25) is 0 Å². The summed E-state index contributed by atoms with van der Waals surface area (Å²) in [6.07, 6.45) is 4.11. The van der Waals surface area contributed by atoms with Crippen LogP contribution in [0.2, 0.25) is 0 Å². The minimum Gasteiger partial charge on any atom is -0.384 e. The summed E-state index contributed by atoms with van der Waals surface area (Å²) in [4.78, 5) is 9.78. The number of hydrogen-bond acceptors (Lipinski definition) is 5. The molecule has 6 heteroatoms. The Labute approximate surface area is 98.7 Å². The highest BCUT2D eigenvalue weighted by Gasteiger charge is 2.22. The highest BCUT2D eigenvalue weighted by molar-refractivity contribution is 6.35. The molecule has 0 saturated carbocycles. The second kappa shape index (κ2) is 12.9. The number of hydrogen-bond donors (Lipinski definition) is 1. The van der Waals surface area contributed by atoms with Gasteiger partial charge in [-0.15, -0.1) is 0 Å². The summed E-state index contributed by atoms with van der Waals surface area (Å²) in [5, 5.41) is 0. The molecule has 0 rings (SSSR count). The van der Waals surface area contributed by atoms with Gasteiger partial charge in [-0.2, -0.15) is 0 Å². The maximum atomic E-state index is 5.37. The molecule has 0 aliphatic heterocycles. The van der Waals surface area contributed by atoms with Crippen molar-refractivity contribution in [3.63, 3.8) is 0 Å². The van der Waals surface area contributed by atoms with Gasteiger partial charge in [0.05, 0.1) is 6.61 Å². The molecule has 0 fully saturated rings. The number of unbranched alkanes of at least 4 members (excludes halogenated alkanes) is 2. The molecule has 0 spiro atoms. The van der Waals surface area contributed by atoms with E-state index in [4.69, 9.17) is 24.7 Å². The lowest BCUT2D eigenvalue weighted by atomic mass is 10.2. The summed E-state index contributed by atoms with van der Waals surface area (Å²) in [5.41, 5.74) is 5.27. The summed E-state index contributed by atoms with van der Waals surface area (Å²) in [5.74, 6) is 0. The fourth-order valence-electron chi connectivity index (χ4n) is 0.903. The minimum absolute atomic E-state index is 0.338. The Morgan fingerprint density at radius 2 is 1.50 bits per heavy atom. The second-order valence-electron chi connectivity index (χ2n) is 3.44. The third-order valence-electron chi connectivity index (χ3n) is 1.85. The van der Waals surface area contributed by atoms with Crippen molar-refractivity contribution in [3.05, 3.63) is 0 Å². The second-order valence-corrected chi connectivity index (χ2v) is 3.44. The van der Waals surface area contributed by atoms with E-state index in [-0.39, 0.29) is 0 Å². The van der Waals surface area contributed by atoms with Crippen LogP contribution in [0.5, 0.6) is 0 Å². The van der Waals surface area contributed by atoms with Crippen molar-refractivity contribution in [2.24, 2.45) is 5.73 Å². The largest absolute Gasteiger partial charge is 0.668 e. The van der Waals surface area contributed by atoms with Gasteiger partial charge in [0.15, 0.2) is 0 Å². The van der Waals surface area contributed by atoms with Crippen LogP contribution in [-0.2, 0) is 19.0 Å². The van der Waals surface area contributed by atoms with E-state index in [1.807, 2.05) is 0 Å². The Morgan fingerprint density at radius 1 is 0.938 bits per heavy atom. The molecule has 0 aliphatic carbocycles. The van der Waals surface area contributed by atoms with Crippen molar-refractivity contribution >= 4 is 7.32 Å². The monoisotopic (exact) mass is 233 g/mol. The molecule has 0 saturated heterocycles. The van der Waals surface area contributed by atoms with Crippen LogP contribution < -0.4 is 5.73 Å². The van der Waals surface area contributed by atoms with Crippen LogP contribution in [0.4, 0.5) is 0 Å². The van der Waals surface area contributed by atoms with Crippen LogP contribution in [0.3, 0.4) is 0 Å². The fourth-order valence-corrected chi connectivity index (χ4v) is 0.903. The molecular formula is C10H24BNO4. The van der Waals surface area contributed by atoms with Crippen LogP contribution in [0.25, 0.3) is 0 Å². The van der Waals surface area contributed by atoms with Crippen molar-refractivity contribution in [2.45, 2.75) is 39.5 Å². The Hall–Kier alpha value is -0.135. The Kier molecular flexibility index (Phi) is 12.8. The molecule has 5 nitrogen and oxygen atoms in total. The van der Waals surface area contributed by atoms with Crippen molar-refractivity contribution in [1.29, 1.82) is 0 Å². The molecule has 0 atom stereocenters. The Bertz CT molecular complexity index is 116. The molecule has 16 heavy (non-hydrogen) atoms. The zero-order chi connectivity index (χ0) is 12.1. The first kappa shape index (κ1) is 15.9. The zero-order valence-corrected chi connectivity index (χ0v) is 10.4. The van der Waals surface area contributed by atoms with Crippen molar-refractivity contribution < 1.29 is 19.0 Å². The lowest BCUT2D eigenvalue weighted by Crippen LogP contribution is -2.29. The lowest BCUT2D eigenvalue weighted by molar-refractivity contribution is -0.238. The average molecular weight is 233 g/mol. The standard InChI is InChI=1S/C10H24BNO4/c1-3-5-8-13-11(14-9-6-4-2)16-15-10-7-12/h3-10,12H2,1-2H3. The van der Waals surface area contributed by atoms with E-state index in [0.717, 1.165) is 25.7 Å². The third-order valence-corrected chi connectivity index (χ3v) is 1.85. The molecule has 96 valence electrons.